The zero-order chi connectivity index (χ0) is 19.8. The molecule has 0 aliphatic heterocycles. The second kappa shape index (κ2) is 7.08. The number of hydrogen-bond donors (Lipinski definition) is 0. The lowest BCUT2D eigenvalue weighted by Crippen LogP contribution is -2.05. The van der Waals surface area contributed by atoms with Crippen LogP contribution in [-0.2, 0) is 0 Å². The Bertz CT molecular complexity index is 1370. The van der Waals surface area contributed by atoms with Crippen molar-refractivity contribution in [2.75, 3.05) is 0 Å². The summed E-state index contributed by atoms with van der Waals surface area (Å²) in [5.41, 5.74) is 3.87. The van der Waals surface area contributed by atoms with Crippen LogP contribution in [0.2, 0.25) is 5.02 Å². The van der Waals surface area contributed by atoms with Gasteiger partial charge in [0.05, 0.1) is 17.4 Å². The SMILES string of the molecule is O=c1oc2ccc(Cl)cc2c(-c2cnn(-c3ccccc3)c2)c1-c1ccccc1. The van der Waals surface area contributed by atoms with E-state index >= 15 is 0 Å². The largest absolute Gasteiger partial charge is 0.422 e. The van der Waals surface area contributed by atoms with Crippen LogP contribution in [-0.4, -0.2) is 9.78 Å². The number of aromatic nitrogens is 2. The average Bonchev–Trinajstić information content (AvgIpc) is 3.24. The summed E-state index contributed by atoms with van der Waals surface area (Å²) in [5.74, 6) is 0. The molecule has 5 heteroatoms. The molecule has 0 saturated heterocycles. The fourth-order valence-corrected chi connectivity index (χ4v) is 3.69. The van der Waals surface area contributed by atoms with E-state index in [0.29, 0.717) is 16.2 Å². The van der Waals surface area contributed by atoms with Gasteiger partial charge in [0.2, 0.25) is 0 Å². The highest BCUT2D eigenvalue weighted by Gasteiger charge is 2.19. The number of halogens is 1. The minimum Gasteiger partial charge on any atom is -0.422 e. The van der Waals surface area contributed by atoms with Crippen molar-refractivity contribution in [3.8, 4) is 27.9 Å². The van der Waals surface area contributed by atoms with Gasteiger partial charge in [-0.3, -0.25) is 0 Å². The molecule has 5 aromatic rings. The molecule has 0 aliphatic carbocycles. The highest BCUT2D eigenvalue weighted by atomic mass is 35.5. The van der Waals surface area contributed by atoms with Crippen LogP contribution in [0.5, 0.6) is 0 Å². The normalized spacial score (nSPS) is 11.1. The number of nitrogens with zero attached hydrogens (tertiary/aromatic N) is 2. The molecule has 140 valence electrons. The summed E-state index contributed by atoms with van der Waals surface area (Å²) in [4.78, 5) is 13.0. The van der Waals surface area contributed by atoms with E-state index in [1.54, 1.807) is 23.0 Å². The van der Waals surface area contributed by atoms with E-state index in [0.717, 1.165) is 27.8 Å². The summed E-state index contributed by atoms with van der Waals surface area (Å²) in [6, 6.07) is 24.6. The molecule has 2 heterocycles. The smallest absolute Gasteiger partial charge is 0.344 e. The maximum Gasteiger partial charge on any atom is 0.344 e. The van der Waals surface area contributed by atoms with Gasteiger partial charge in [0.25, 0.3) is 0 Å². The predicted octanol–water partition coefficient (Wildman–Crippen LogP) is 5.97. The molecular weight excluding hydrogens is 384 g/mol. The van der Waals surface area contributed by atoms with E-state index in [-0.39, 0.29) is 0 Å². The number of rotatable bonds is 3. The third kappa shape index (κ3) is 3.13. The average molecular weight is 399 g/mol. The zero-order valence-corrected chi connectivity index (χ0v) is 16.0. The van der Waals surface area contributed by atoms with Gasteiger partial charge < -0.3 is 4.42 Å². The monoisotopic (exact) mass is 398 g/mol. The van der Waals surface area contributed by atoms with E-state index in [2.05, 4.69) is 5.10 Å². The predicted molar refractivity (Wildman–Crippen MR) is 115 cm³/mol. The molecular formula is C24H15ClN2O2. The van der Waals surface area contributed by atoms with Crippen molar-refractivity contribution in [3.05, 3.63) is 107 Å². The van der Waals surface area contributed by atoms with Crippen molar-refractivity contribution >= 4 is 22.6 Å². The molecule has 4 nitrogen and oxygen atoms in total. The second-order valence-electron chi connectivity index (χ2n) is 6.66. The molecule has 5 rings (SSSR count). The molecule has 0 unspecified atom stereocenters. The maximum absolute atomic E-state index is 13.0. The first-order chi connectivity index (χ1) is 14.2. The molecule has 0 atom stereocenters. The Morgan fingerprint density at radius 1 is 0.828 bits per heavy atom. The van der Waals surface area contributed by atoms with Gasteiger partial charge in [-0.2, -0.15) is 5.10 Å². The topological polar surface area (TPSA) is 48.0 Å². The number of fused-ring (bicyclic) bond motifs is 1. The molecule has 3 aromatic carbocycles. The summed E-state index contributed by atoms with van der Waals surface area (Å²) in [5, 5.41) is 5.85. The highest BCUT2D eigenvalue weighted by molar-refractivity contribution is 6.31. The van der Waals surface area contributed by atoms with Crippen molar-refractivity contribution in [1.82, 2.24) is 9.78 Å². The summed E-state index contributed by atoms with van der Waals surface area (Å²) < 4.78 is 7.40. The van der Waals surface area contributed by atoms with E-state index in [4.69, 9.17) is 16.0 Å². The second-order valence-corrected chi connectivity index (χ2v) is 7.09. The van der Waals surface area contributed by atoms with Crippen molar-refractivity contribution in [2.45, 2.75) is 0 Å². The van der Waals surface area contributed by atoms with Crippen LogP contribution in [0.1, 0.15) is 0 Å². The Balaban J connectivity index is 1.83. The first-order valence-electron chi connectivity index (χ1n) is 9.13. The van der Waals surface area contributed by atoms with Crippen LogP contribution in [0.15, 0.2) is 100 Å². The van der Waals surface area contributed by atoms with Gasteiger partial charge in [-0.1, -0.05) is 60.1 Å². The van der Waals surface area contributed by atoms with Crippen LogP contribution in [0, 0.1) is 0 Å². The lowest BCUT2D eigenvalue weighted by Gasteiger charge is -2.11. The lowest BCUT2D eigenvalue weighted by molar-refractivity contribution is 0.564. The van der Waals surface area contributed by atoms with E-state index in [1.807, 2.05) is 72.9 Å². The van der Waals surface area contributed by atoms with Crippen molar-refractivity contribution in [3.63, 3.8) is 0 Å². The molecule has 0 amide bonds. The minimum absolute atomic E-state index is 0.395. The molecule has 2 aromatic heterocycles. The molecule has 0 N–H and O–H groups in total. The van der Waals surface area contributed by atoms with Gasteiger partial charge in [-0.25, -0.2) is 9.48 Å². The van der Waals surface area contributed by atoms with E-state index in [1.165, 1.54) is 0 Å². The van der Waals surface area contributed by atoms with Crippen LogP contribution < -0.4 is 5.63 Å². The minimum atomic E-state index is -0.395. The third-order valence-corrected chi connectivity index (χ3v) is 5.06. The first-order valence-corrected chi connectivity index (χ1v) is 9.51. The van der Waals surface area contributed by atoms with Crippen LogP contribution in [0.25, 0.3) is 38.9 Å². The Hall–Kier alpha value is -3.63. The maximum atomic E-state index is 13.0. The molecule has 0 saturated carbocycles. The van der Waals surface area contributed by atoms with Gasteiger partial charge >= 0.3 is 5.63 Å². The van der Waals surface area contributed by atoms with Gasteiger partial charge in [-0.15, -0.1) is 0 Å². The van der Waals surface area contributed by atoms with Gasteiger partial charge in [0.15, 0.2) is 0 Å². The van der Waals surface area contributed by atoms with Crippen LogP contribution >= 0.6 is 11.6 Å². The highest BCUT2D eigenvalue weighted by Crippen LogP contribution is 2.37. The van der Waals surface area contributed by atoms with E-state index in [9.17, 15) is 4.79 Å². The lowest BCUT2D eigenvalue weighted by atomic mass is 9.95. The third-order valence-electron chi connectivity index (χ3n) is 4.82. The molecule has 29 heavy (non-hydrogen) atoms. The Kier molecular flexibility index (Phi) is 4.26. The van der Waals surface area contributed by atoms with Gasteiger partial charge in [0.1, 0.15) is 5.58 Å². The Labute approximate surface area is 171 Å². The van der Waals surface area contributed by atoms with E-state index < -0.39 is 5.63 Å². The Morgan fingerprint density at radius 3 is 2.31 bits per heavy atom. The zero-order valence-electron chi connectivity index (χ0n) is 15.2. The van der Waals surface area contributed by atoms with Crippen molar-refractivity contribution in [2.24, 2.45) is 0 Å². The standard InChI is InChI=1S/C24H15ClN2O2/c25-18-11-12-21-20(13-18)22(23(24(28)29-21)16-7-3-1-4-8-16)17-14-26-27(15-17)19-9-5-2-6-10-19/h1-15H. The molecule has 0 radical (unpaired) electrons. The summed E-state index contributed by atoms with van der Waals surface area (Å²) in [7, 11) is 0. The number of para-hydroxylation sites is 1. The van der Waals surface area contributed by atoms with Crippen LogP contribution in [0.4, 0.5) is 0 Å². The fourth-order valence-electron chi connectivity index (χ4n) is 3.51. The summed E-state index contributed by atoms with van der Waals surface area (Å²) >= 11 is 6.28. The summed E-state index contributed by atoms with van der Waals surface area (Å²) in [6.45, 7) is 0. The van der Waals surface area contributed by atoms with Gasteiger partial charge in [0, 0.05) is 27.7 Å². The Morgan fingerprint density at radius 2 is 1.55 bits per heavy atom. The molecule has 0 aliphatic rings. The quantitative estimate of drug-likeness (QED) is 0.352. The molecule has 0 spiro atoms. The first kappa shape index (κ1) is 17.5. The van der Waals surface area contributed by atoms with Crippen molar-refractivity contribution < 1.29 is 4.42 Å². The van der Waals surface area contributed by atoms with Gasteiger partial charge in [-0.05, 0) is 35.9 Å². The van der Waals surface area contributed by atoms with Crippen LogP contribution in [0.3, 0.4) is 0 Å². The molecule has 0 fully saturated rings. The fraction of sp³-hybridized carbons (Fsp3) is 0. The van der Waals surface area contributed by atoms with Crippen molar-refractivity contribution in [1.29, 1.82) is 0 Å². The molecule has 0 bridgehead atoms. The number of hydrogen-bond acceptors (Lipinski definition) is 3. The summed E-state index contributed by atoms with van der Waals surface area (Å²) in [6.07, 6.45) is 3.67. The number of benzene rings is 3.